The molecule has 1 aromatic rings. The van der Waals surface area contributed by atoms with Gasteiger partial charge in [-0.25, -0.2) is 8.42 Å². The Bertz CT molecular complexity index is 421. The molecule has 0 aromatic heterocycles. The zero-order valence-corrected chi connectivity index (χ0v) is 8.35. The summed E-state index contributed by atoms with van der Waals surface area (Å²) in [6.45, 7) is 1.74. The number of sulfonamides is 1. The summed E-state index contributed by atoms with van der Waals surface area (Å²) in [5.41, 5.74) is 0.769. The van der Waals surface area contributed by atoms with Crippen LogP contribution in [-0.4, -0.2) is 43.1 Å². The van der Waals surface area contributed by atoms with Crippen LogP contribution >= 0.6 is 11.8 Å². The van der Waals surface area contributed by atoms with Gasteiger partial charge in [-0.3, -0.25) is 0 Å². The van der Waals surface area contributed by atoms with Crippen molar-refractivity contribution in [3.8, 4) is 5.75 Å². The molecular formula is C7H9ClNNaO3S. The molecule has 1 rings (SSSR count). The Kier molecular flexibility index (Phi) is 5.43. The fourth-order valence-electron chi connectivity index (χ4n) is 0.896. The monoisotopic (exact) mass is 245 g/mol. The van der Waals surface area contributed by atoms with Crippen LogP contribution in [0.5, 0.6) is 5.75 Å². The topological polar surface area (TPSA) is 66.4 Å². The van der Waals surface area contributed by atoms with E-state index in [2.05, 4.69) is 0 Å². The van der Waals surface area contributed by atoms with Crippen LogP contribution in [-0.2, 0) is 10.0 Å². The maximum atomic E-state index is 11.1. The minimum atomic E-state index is -3.78. The quantitative estimate of drug-likeness (QED) is 0.589. The zero-order chi connectivity index (χ0) is 10.1. The van der Waals surface area contributed by atoms with Gasteiger partial charge in [0, 0.05) is 0 Å². The summed E-state index contributed by atoms with van der Waals surface area (Å²) >= 11 is 4.99. The van der Waals surface area contributed by atoms with Crippen LogP contribution < -0.4 is 4.24 Å². The van der Waals surface area contributed by atoms with Crippen molar-refractivity contribution in [3.05, 3.63) is 23.8 Å². The molecule has 14 heavy (non-hydrogen) atoms. The molecule has 7 heteroatoms. The van der Waals surface area contributed by atoms with Crippen LogP contribution in [0.25, 0.3) is 0 Å². The Morgan fingerprint density at radius 3 is 2.43 bits per heavy atom. The number of aromatic hydroxyl groups is 1. The number of phenolic OH excluding ortho intramolecular Hbond substituents is 1. The second kappa shape index (κ2) is 5.34. The Labute approximate surface area is 110 Å². The van der Waals surface area contributed by atoms with Gasteiger partial charge in [-0.05, 0) is 36.4 Å². The van der Waals surface area contributed by atoms with Gasteiger partial charge in [-0.2, -0.15) is 0 Å². The van der Waals surface area contributed by atoms with Crippen LogP contribution in [0.1, 0.15) is 5.56 Å². The van der Waals surface area contributed by atoms with E-state index in [0.29, 0.717) is 0 Å². The number of hydrogen-bond donors (Lipinski definition) is 2. The molecule has 0 amide bonds. The number of halogens is 1. The van der Waals surface area contributed by atoms with E-state index in [0.717, 1.165) is 5.56 Å². The summed E-state index contributed by atoms with van der Waals surface area (Å²) in [5.74, 6) is -0.312. The fraction of sp³-hybridized carbons (Fsp3) is 0.143. The molecular weight excluding hydrogens is 237 g/mol. The predicted molar refractivity (Wildman–Crippen MR) is 56.2 cm³/mol. The van der Waals surface area contributed by atoms with Crippen molar-refractivity contribution in [1.29, 1.82) is 0 Å². The summed E-state index contributed by atoms with van der Waals surface area (Å²) in [4.78, 5) is -0.229. The normalized spacial score (nSPS) is 10.7. The van der Waals surface area contributed by atoms with Gasteiger partial charge in [0.2, 0.25) is 0 Å². The first-order chi connectivity index (χ1) is 5.97. The van der Waals surface area contributed by atoms with E-state index in [4.69, 9.17) is 11.8 Å². The second-order valence-electron chi connectivity index (χ2n) is 2.55. The van der Waals surface area contributed by atoms with Crippen LogP contribution in [0, 0.1) is 6.92 Å². The Morgan fingerprint density at radius 2 is 2.00 bits per heavy atom. The standard InChI is InChI=1S/C7H8ClNO3S.Na.H/c1-5-2-3-7(6(10)4-5)13(11,12)9-8;;/h2-4,9-10H,1H3;;. The zero-order valence-electron chi connectivity index (χ0n) is 6.78. The molecule has 0 bridgehead atoms. The Balaban J connectivity index is 0.00000169. The van der Waals surface area contributed by atoms with Crippen molar-refractivity contribution in [2.75, 3.05) is 0 Å². The van der Waals surface area contributed by atoms with Crippen LogP contribution in [0.4, 0.5) is 0 Å². The van der Waals surface area contributed by atoms with Crippen molar-refractivity contribution >= 4 is 51.4 Å². The SMILES string of the molecule is Cc1ccc(S(=O)(=O)NCl)c(O)c1.[NaH]. The molecule has 0 saturated carbocycles. The van der Waals surface area contributed by atoms with E-state index in [-0.39, 0.29) is 40.2 Å². The predicted octanol–water partition coefficient (Wildman–Crippen LogP) is 0.484. The van der Waals surface area contributed by atoms with Crippen LogP contribution in [0.3, 0.4) is 0 Å². The van der Waals surface area contributed by atoms with Crippen LogP contribution in [0.2, 0.25) is 0 Å². The van der Waals surface area contributed by atoms with Gasteiger partial charge in [0.05, 0.1) is 0 Å². The van der Waals surface area contributed by atoms with E-state index in [1.54, 1.807) is 17.2 Å². The van der Waals surface area contributed by atoms with Gasteiger partial charge < -0.3 is 5.11 Å². The summed E-state index contributed by atoms with van der Waals surface area (Å²) in [6.07, 6.45) is 0. The Morgan fingerprint density at radius 1 is 1.43 bits per heavy atom. The number of hydrogen-bond acceptors (Lipinski definition) is 3. The summed E-state index contributed by atoms with van der Waals surface area (Å²) in [7, 11) is -3.78. The molecule has 2 N–H and O–H groups in total. The van der Waals surface area contributed by atoms with Gasteiger partial charge in [0.15, 0.2) is 0 Å². The van der Waals surface area contributed by atoms with E-state index in [1.165, 1.54) is 12.1 Å². The van der Waals surface area contributed by atoms with Gasteiger partial charge in [-0.15, -0.1) is 4.24 Å². The Hall–Kier alpha value is 0.220. The van der Waals surface area contributed by atoms with E-state index >= 15 is 0 Å². The van der Waals surface area contributed by atoms with E-state index in [9.17, 15) is 13.5 Å². The first kappa shape index (κ1) is 14.2. The molecule has 0 fully saturated rings. The average Bonchev–Trinajstić information content (AvgIpc) is 2.03. The van der Waals surface area contributed by atoms with Crippen molar-refractivity contribution in [3.63, 3.8) is 0 Å². The first-order valence-electron chi connectivity index (χ1n) is 3.39. The molecule has 0 aliphatic rings. The van der Waals surface area contributed by atoms with Crippen LogP contribution in [0.15, 0.2) is 23.1 Å². The average molecular weight is 246 g/mol. The van der Waals surface area contributed by atoms with E-state index in [1.807, 2.05) is 0 Å². The number of rotatable bonds is 2. The molecule has 0 aliphatic heterocycles. The molecule has 0 aliphatic carbocycles. The van der Waals surface area contributed by atoms with E-state index < -0.39 is 10.0 Å². The molecule has 0 heterocycles. The minimum absolute atomic E-state index is 0. The summed E-state index contributed by atoms with van der Waals surface area (Å²) in [5, 5.41) is 9.28. The fourth-order valence-corrected chi connectivity index (χ4v) is 1.81. The van der Waals surface area contributed by atoms with Crippen molar-refractivity contribution in [2.45, 2.75) is 11.8 Å². The first-order valence-corrected chi connectivity index (χ1v) is 5.25. The van der Waals surface area contributed by atoms with Crippen molar-refractivity contribution < 1.29 is 13.5 Å². The third kappa shape index (κ3) is 3.12. The number of nitrogens with one attached hydrogen (secondary N) is 1. The van der Waals surface area contributed by atoms with Gasteiger partial charge in [-0.1, -0.05) is 6.07 Å². The van der Waals surface area contributed by atoms with Gasteiger partial charge in [0.1, 0.15) is 10.6 Å². The van der Waals surface area contributed by atoms with Gasteiger partial charge in [0.25, 0.3) is 10.0 Å². The number of benzene rings is 1. The molecule has 0 spiro atoms. The number of aryl methyl sites for hydroxylation is 1. The molecule has 0 saturated heterocycles. The molecule has 0 atom stereocenters. The number of phenols is 1. The molecule has 4 nitrogen and oxygen atoms in total. The third-order valence-corrected chi connectivity index (χ3v) is 3.24. The van der Waals surface area contributed by atoms with Crippen molar-refractivity contribution in [2.24, 2.45) is 0 Å². The van der Waals surface area contributed by atoms with Crippen molar-refractivity contribution in [1.82, 2.24) is 4.24 Å². The summed E-state index contributed by atoms with van der Waals surface area (Å²) in [6, 6.07) is 4.21. The molecule has 0 radical (unpaired) electrons. The second-order valence-corrected chi connectivity index (χ2v) is 4.62. The third-order valence-electron chi connectivity index (χ3n) is 1.51. The molecule has 1 aromatic carbocycles. The summed E-state index contributed by atoms with van der Waals surface area (Å²) < 4.78 is 23.9. The molecule has 0 unspecified atom stereocenters. The maximum absolute atomic E-state index is 11.1. The molecule has 74 valence electrons. The van der Waals surface area contributed by atoms with Gasteiger partial charge >= 0.3 is 29.6 Å².